The van der Waals surface area contributed by atoms with Crippen LogP contribution in [-0.2, 0) is 10.0 Å². The minimum absolute atomic E-state index is 0.0555. The molecule has 0 spiro atoms. The van der Waals surface area contributed by atoms with Crippen molar-refractivity contribution in [3.05, 3.63) is 28.3 Å². The average Bonchev–Trinajstić information content (AvgIpc) is 2.42. The van der Waals surface area contributed by atoms with Gasteiger partial charge in [-0.1, -0.05) is 0 Å². The summed E-state index contributed by atoms with van der Waals surface area (Å²) < 4.78 is 25.8. The van der Waals surface area contributed by atoms with E-state index < -0.39 is 20.6 Å². The molecule has 0 radical (unpaired) electrons. The SMILES string of the molecule is CN(CCCCCO)S(=O)(=O)c1ccc(N)cc1[N+](=O)[O-]. The molecule has 118 valence electrons. The van der Waals surface area contributed by atoms with E-state index in [2.05, 4.69) is 0 Å². The molecule has 0 amide bonds. The van der Waals surface area contributed by atoms with Gasteiger partial charge in [-0.3, -0.25) is 10.1 Å². The summed E-state index contributed by atoms with van der Waals surface area (Å²) in [5.74, 6) is 0. The maximum Gasteiger partial charge on any atom is 0.291 e. The van der Waals surface area contributed by atoms with E-state index in [1.54, 1.807) is 0 Å². The molecule has 1 rings (SSSR count). The first-order chi connectivity index (χ1) is 9.80. The lowest BCUT2D eigenvalue weighted by Crippen LogP contribution is -2.28. The maximum absolute atomic E-state index is 12.4. The first-order valence-corrected chi connectivity index (χ1v) is 7.86. The molecule has 9 heteroatoms. The summed E-state index contributed by atoms with van der Waals surface area (Å²) in [5.41, 5.74) is 5.06. The number of sulfonamides is 1. The maximum atomic E-state index is 12.4. The highest BCUT2D eigenvalue weighted by molar-refractivity contribution is 7.89. The van der Waals surface area contributed by atoms with Gasteiger partial charge in [-0.05, 0) is 31.4 Å². The van der Waals surface area contributed by atoms with Crippen molar-refractivity contribution >= 4 is 21.4 Å². The smallest absolute Gasteiger partial charge is 0.291 e. The van der Waals surface area contributed by atoms with E-state index in [4.69, 9.17) is 10.8 Å². The number of unbranched alkanes of at least 4 members (excludes halogenated alkanes) is 2. The number of rotatable bonds is 8. The number of nitro groups is 1. The normalized spacial score (nSPS) is 11.8. The van der Waals surface area contributed by atoms with Gasteiger partial charge in [0.25, 0.3) is 5.69 Å². The molecule has 0 unspecified atom stereocenters. The Bertz CT molecular complexity index is 603. The largest absolute Gasteiger partial charge is 0.399 e. The first-order valence-electron chi connectivity index (χ1n) is 6.42. The monoisotopic (exact) mass is 317 g/mol. The van der Waals surface area contributed by atoms with Gasteiger partial charge >= 0.3 is 0 Å². The van der Waals surface area contributed by atoms with Gasteiger partial charge in [0.15, 0.2) is 4.90 Å². The predicted octanol–water partition coefficient (Wildman–Crippen LogP) is 0.960. The minimum atomic E-state index is -3.94. The van der Waals surface area contributed by atoms with E-state index >= 15 is 0 Å². The number of nitrogens with two attached hydrogens (primary N) is 1. The van der Waals surface area contributed by atoms with Crippen LogP contribution in [0, 0.1) is 10.1 Å². The molecule has 0 saturated carbocycles. The van der Waals surface area contributed by atoms with Crippen LogP contribution < -0.4 is 5.73 Å². The third kappa shape index (κ3) is 4.38. The van der Waals surface area contributed by atoms with Crippen molar-refractivity contribution in [2.45, 2.75) is 24.2 Å². The van der Waals surface area contributed by atoms with E-state index in [1.807, 2.05) is 0 Å². The van der Waals surface area contributed by atoms with Gasteiger partial charge in [-0.25, -0.2) is 12.7 Å². The van der Waals surface area contributed by atoms with E-state index in [-0.39, 0.29) is 23.7 Å². The second-order valence-corrected chi connectivity index (χ2v) is 6.61. The number of aliphatic hydroxyl groups excluding tert-OH is 1. The highest BCUT2D eigenvalue weighted by Crippen LogP contribution is 2.28. The highest BCUT2D eigenvalue weighted by Gasteiger charge is 2.29. The van der Waals surface area contributed by atoms with Crippen LogP contribution in [0.4, 0.5) is 11.4 Å². The fourth-order valence-electron chi connectivity index (χ4n) is 1.81. The topological polar surface area (TPSA) is 127 Å². The molecule has 0 heterocycles. The Hall–Kier alpha value is -1.71. The average molecular weight is 317 g/mol. The van der Waals surface area contributed by atoms with Crippen molar-refractivity contribution < 1.29 is 18.4 Å². The Balaban J connectivity index is 2.99. The van der Waals surface area contributed by atoms with Gasteiger partial charge in [-0.2, -0.15) is 0 Å². The molecular weight excluding hydrogens is 298 g/mol. The summed E-state index contributed by atoms with van der Waals surface area (Å²) in [6, 6.07) is 3.50. The first kappa shape index (κ1) is 17.3. The number of nitro benzene ring substituents is 1. The van der Waals surface area contributed by atoms with Crippen molar-refractivity contribution in [3.63, 3.8) is 0 Å². The standard InChI is InChI=1S/C12H19N3O5S/c1-14(7-3-2-4-8-16)21(19,20)12-6-5-10(13)9-11(12)15(17)18/h5-6,9,16H,2-4,7-8,13H2,1H3. The Morgan fingerprint density at radius 2 is 2.00 bits per heavy atom. The summed E-state index contributed by atoms with van der Waals surface area (Å²) >= 11 is 0. The molecule has 0 aromatic heterocycles. The van der Waals surface area contributed by atoms with Crippen LogP contribution in [0.1, 0.15) is 19.3 Å². The van der Waals surface area contributed by atoms with Crippen LogP contribution in [0.2, 0.25) is 0 Å². The van der Waals surface area contributed by atoms with Crippen LogP contribution in [0.25, 0.3) is 0 Å². The van der Waals surface area contributed by atoms with Crippen LogP contribution in [0.3, 0.4) is 0 Å². The fourth-order valence-corrected chi connectivity index (χ4v) is 3.15. The number of anilines is 1. The van der Waals surface area contributed by atoms with Gasteiger partial charge in [0.1, 0.15) is 0 Å². The third-order valence-electron chi connectivity index (χ3n) is 3.00. The zero-order chi connectivity index (χ0) is 16.0. The van der Waals surface area contributed by atoms with Crippen LogP contribution >= 0.6 is 0 Å². The lowest BCUT2D eigenvalue weighted by molar-refractivity contribution is -0.387. The number of aliphatic hydroxyl groups is 1. The van der Waals surface area contributed by atoms with Gasteiger partial charge in [-0.15, -0.1) is 0 Å². The van der Waals surface area contributed by atoms with Gasteiger partial charge < -0.3 is 10.8 Å². The van der Waals surface area contributed by atoms with Crippen molar-refractivity contribution in [3.8, 4) is 0 Å². The van der Waals surface area contributed by atoms with E-state index in [1.165, 1.54) is 13.1 Å². The molecule has 0 aliphatic carbocycles. The number of hydrogen-bond donors (Lipinski definition) is 2. The molecule has 0 atom stereocenters. The highest BCUT2D eigenvalue weighted by atomic mass is 32.2. The Morgan fingerprint density at radius 3 is 2.57 bits per heavy atom. The summed E-state index contributed by atoms with van der Waals surface area (Å²) in [5, 5.41) is 19.7. The number of hydrogen-bond acceptors (Lipinski definition) is 6. The molecule has 3 N–H and O–H groups in total. The van der Waals surface area contributed by atoms with Crippen molar-refractivity contribution in [2.24, 2.45) is 0 Å². The molecule has 0 aliphatic heterocycles. The van der Waals surface area contributed by atoms with Gasteiger partial charge in [0.2, 0.25) is 10.0 Å². The fraction of sp³-hybridized carbons (Fsp3) is 0.500. The van der Waals surface area contributed by atoms with Gasteiger partial charge in [0, 0.05) is 32.0 Å². The van der Waals surface area contributed by atoms with Crippen LogP contribution in [0.15, 0.2) is 23.1 Å². The number of nitrogen functional groups attached to an aromatic ring is 1. The van der Waals surface area contributed by atoms with Gasteiger partial charge in [0.05, 0.1) is 4.92 Å². The molecule has 1 aromatic rings. The van der Waals surface area contributed by atoms with Crippen molar-refractivity contribution in [2.75, 3.05) is 25.9 Å². The Labute approximate surface area is 123 Å². The van der Waals surface area contributed by atoms with Crippen molar-refractivity contribution in [1.29, 1.82) is 0 Å². The van der Waals surface area contributed by atoms with E-state index in [9.17, 15) is 18.5 Å². The molecular formula is C12H19N3O5S. The summed E-state index contributed by atoms with van der Waals surface area (Å²) in [6.07, 6.45) is 1.84. The zero-order valence-electron chi connectivity index (χ0n) is 11.7. The molecule has 0 bridgehead atoms. The lowest BCUT2D eigenvalue weighted by atomic mass is 10.2. The molecule has 21 heavy (non-hydrogen) atoms. The van der Waals surface area contributed by atoms with Crippen molar-refractivity contribution in [1.82, 2.24) is 4.31 Å². The second-order valence-electron chi connectivity index (χ2n) is 4.60. The molecule has 0 aliphatic rings. The number of benzene rings is 1. The molecule has 0 saturated heterocycles. The molecule has 0 fully saturated rings. The second kappa shape index (κ2) is 7.34. The summed E-state index contributed by atoms with van der Waals surface area (Å²) in [4.78, 5) is 9.85. The molecule has 1 aromatic carbocycles. The Kier molecular flexibility index (Phi) is 6.06. The predicted molar refractivity (Wildman–Crippen MR) is 78.3 cm³/mol. The third-order valence-corrected chi connectivity index (χ3v) is 4.90. The number of nitrogens with zero attached hydrogens (tertiary/aromatic N) is 2. The molecule has 8 nitrogen and oxygen atoms in total. The quantitative estimate of drug-likeness (QED) is 0.318. The van der Waals surface area contributed by atoms with E-state index in [0.29, 0.717) is 19.3 Å². The Morgan fingerprint density at radius 1 is 1.33 bits per heavy atom. The summed E-state index contributed by atoms with van der Waals surface area (Å²) in [6.45, 7) is 0.282. The lowest BCUT2D eigenvalue weighted by Gasteiger charge is -2.17. The minimum Gasteiger partial charge on any atom is -0.399 e. The van der Waals surface area contributed by atoms with Crippen LogP contribution in [0.5, 0.6) is 0 Å². The van der Waals surface area contributed by atoms with Crippen LogP contribution in [-0.4, -0.2) is 43.0 Å². The zero-order valence-corrected chi connectivity index (χ0v) is 12.5. The van der Waals surface area contributed by atoms with E-state index in [0.717, 1.165) is 16.4 Å². The summed E-state index contributed by atoms with van der Waals surface area (Å²) in [7, 11) is -2.58.